The number of amides is 2. The molecule has 4 aromatic rings. The van der Waals surface area contributed by atoms with E-state index >= 15 is 0 Å². The Morgan fingerprint density at radius 2 is 0.841 bits per heavy atom. The number of esters is 2. The summed E-state index contributed by atoms with van der Waals surface area (Å²) in [6, 6.07) is 23.3. The lowest BCUT2D eigenvalue weighted by atomic mass is 10.2. The molecule has 4 heterocycles. The summed E-state index contributed by atoms with van der Waals surface area (Å²) in [5.41, 5.74) is 2.51. The molecule has 0 fully saturated rings. The third kappa shape index (κ3) is 26.5. The highest BCUT2D eigenvalue weighted by Crippen LogP contribution is 2.11. The molecule has 4 aromatic heterocycles. The molecule has 0 aliphatic rings. The lowest BCUT2D eigenvalue weighted by Gasteiger charge is -2.28. The summed E-state index contributed by atoms with van der Waals surface area (Å²) < 4.78 is 11.1. The number of rotatable bonds is 32. The van der Waals surface area contributed by atoms with Gasteiger partial charge in [0, 0.05) is 123 Å². The van der Waals surface area contributed by atoms with Crippen LogP contribution in [0.15, 0.2) is 97.6 Å². The van der Waals surface area contributed by atoms with E-state index in [0.717, 1.165) is 22.8 Å². The summed E-state index contributed by atoms with van der Waals surface area (Å²) in [6.07, 6.45) is 7.27. The van der Waals surface area contributed by atoms with E-state index in [1.807, 2.05) is 119 Å². The van der Waals surface area contributed by atoms with Crippen LogP contribution in [0.4, 0.5) is 0 Å². The number of nitrogens with zero attached hydrogens (tertiary/aromatic N) is 8. The Morgan fingerprint density at radius 3 is 1.28 bits per heavy atom. The zero-order chi connectivity index (χ0) is 49.7. The molecule has 0 atom stereocenters. The van der Waals surface area contributed by atoms with Crippen LogP contribution in [0.5, 0.6) is 0 Å². The number of ether oxygens (including phenoxy) is 2. The van der Waals surface area contributed by atoms with Crippen molar-refractivity contribution in [1.29, 1.82) is 0 Å². The second kappa shape index (κ2) is 30.7. The van der Waals surface area contributed by atoms with Crippen molar-refractivity contribution >= 4 is 23.8 Å². The summed E-state index contributed by atoms with van der Waals surface area (Å²) in [5.74, 6) is -0.922. The maximum absolute atomic E-state index is 13.6. The zero-order valence-corrected chi connectivity index (χ0v) is 41.7. The van der Waals surface area contributed by atoms with Crippen LogP contribution in [0.1, 0.15) is 70.7 Å². The number of pyridine rings is 4. The minimum Gasteiger partial charge on any atom is -0.460 e. The van der Waals surface area contributed by atoms with Crippen LogP contribution < -0.4 is 21.3 Å². The highest BCUT2D eigenvalue weighted by molar-refractivity contribution is 5.78. The van der Waals surface area contributed by atoms with Gasteiger partial charge in [-0.05, 0) is 90.1 Å². The molecule has 69 heavy (non-hydrogen) atoms. The summed E-state index contributed by atoms with van der Waals surface area (Å²) in [7, 11) is 0. The van der Waals surface area contributed by atoms with Gasteiger partial charge in [-0.1, -0.05) is 24.3 Å². The molecule has 4 N–H and O–H groups in total. The first-order valence-corrected chi connectivity index (χ1v) is 24.0. The average molecular weight is 953 g/mol. The first-order valence-electron chi connectivity index (χ1n) is 24.0. The molecule has 18 nitrogen and oxygen atoms in total. The quantitative estimate of drug-likeness (QED) is 0.0411. The van der Waals surface area contributed by atoms with Gasteiger partial charge in [-0.15, -0.1) is 0 Å². The topological polar surface area (TPSA) is 199 Å². The fourth-order valence-electron chi connectivity index (χ4n) is 7.11. The van der Waals surface area contributed by atoms with Crippen molar-refractivity contribution in [2.45, 2.75) is 85.3 Å². The zero-order valence-electron chi connectivity index (χ0n) is 41.7. The van der Waals surface area contributed by atoms with Crippen LogP contribution in [-0.2, 0) is 54.8 Å². The molecule has 0 aromatic carbocycles. The van der Waals surface area contributed by atoms with Crippen LogP contribution in [0.25, 0.3) is 0 Å². The number of hydrogen-bond donors (Lipinski definition) is 4. The van der Waals surface area contributed by atoms with Crippen molar-refractivity contribution in [3.8, 4) is 0 Å². The van der Waals surface area contributed by atoms with E-state index in [2.05, 4.69) is 55.9 Å². The van der Waals surface area contributed by atoms with Crippen molar-refractivity contribution in [2.24, 2.45) is 0 Å². The number of hydrogen-bond acceptors (Lipinski definition) is 16. The van der Waals surface area contributed by atoms with Crippen molar-refractivity contribution in [3.05, 3.63) is 120 Å². The molecule has 0 bridgehead atoms. The summed E-state index contributed by atoms with van der Waals surface area (Å²) in [6.45, 7) is 19.2. The molecule has 2 amide bonds. The van der Waals surface area contributed by atoms with Gasteiger partial charge in [-0.2, -0.15) is 0 Å². The Balaban J connectivity index is 1.32. The second-order valence-electron chi connectivity index (χ2n) is 18.8. The lowest BCUT2D eigenvalue weighted by Crippen LogP contribution is -2.46. The van der Waals surface area contributed by atoms with Gasteiger partial charge < -0.3 is 35.6 Å². The van der Waals surface area contributed by atoms with E-state index < -0.39 is 11.2 Å². The highest BCUT2D eigenvalue weighted by Gasteiger charge is 2.20. The van der Waals surface area contributed by atoms with E-state index in [1.165, 1.54) is 0 Å². The molecule has 4 rings (SSSR count). The van der Waals surface area contributed by atoms with Gasteiger partial charge in [0.25, 0.3) is 0 Å². The fourth-order valence-corrected chi connectivity index (χ4v) is 7.11. The summed E-state index contributed by atoms with van der Waals surface area (Å²) in [5, 5.41) is 12.6. The van der Waals surface area contributed by atoms with Crippen molar-refractivity contribution in [1.82, 2.24) is 60.8 Å². The van der Waals surface area contributed by atoms with Crippen LogP contribution in [-0.4, -0.2) is 166 Å². The number of aromatic nitrogens is 4. The summed E-state index contributed by atoms with van der Waals surface area (Å²) >= 11 is 0. The Kier molecular flexibility index (Phi) is 24.8. The first kappa shape index (κ1) is 55.8. The smallest absolute Gasteiger partial charge is 0.320 e. The van der Waals surface area contributed by atoms with Gasteiger partial charge in [0.1, 0.15) is 11.2 Å². The lowest BCUT2D eigenvalue weighted by molar-refractivity contribution is -0.155. The molecular formula is C51H76N12O6. The second-order valence-corrected chi connectivity index (χ2v) is 18.8. The molecule has 0 spiro atoms. The van der Waals surface area contributed by atoms with Crippen molar-refractivity contribution < 1.29 is 28.7 Å². The third-order valence-corrected chi connectivity index (χ3v) is 10.3. The number of nitrogens with one attached hydrogen (secondary N) is 4. The van der Waals surface area contributed by atoms with Gasteiger partial charge >= 0.3 is 11.9 Å². The Morgan fingerprint density at radius 1 is 0.449 bits per heavy atom. The van der Waals surface area contributed by atoms with E-state index in [0.29, 0.717) is 98.2 Å². The van der Waals surface area contributed by atoms with Gasteiger partial charge in [-0.3, -0.25) is 53.8 Å². The van der Waals surface area contributed by atoms with E-state index in [1.54, 1.807) is 24.8 Å². The molecular weight excluding hydrogens is 877 g/mol. The van der Waals surface area contributed by atoms with E-state index in [-0.39, 0.29) is 49.8 Å². The molecule has 376 valence electrons. The molecule has 0 aliphatic heterocycles. The van der Waals surface area contributed by atoms with Crippen molar-refractivity contribution in [3.63, 3.8) is 0 Å². The van der Waals surface area contributed by atoms with E-state index in [9.17, 15) is 19.2 Å². The monoisotopic (exact) mass is 953 g/mol. The first-order chi connectivity index (χ1) is 33.1. The number of carbonyl (C=O) groups is 4. The van der Waals surface area contributed by atoms with Gasteiger partial charge in [0.05, 0.1) is 48.8 Å². The molecule has 0 radical (unpaired) electrons. The van der Waals surface area contributed by atoms with Gasteiger partial charge in [0.2, 0.25) is 11.8 Å². The molecule has 0 unspecified atom stereocenters. The Labute approximate surface area is 409 Å². The van der Waals surface area contributed by atoms with Crippen LogP contribution in [0, 0.1) is 0 Å². The van der Waals surface area contributed by atoms with Crippen LogP contribution in [0.2, 0.25) is 0 Å². The molecule has 0 aliphatic carbocycles. The largest absolute Gasteiger partial charge is 0.460 e. The normalized spacial score (nSPS) is 11.9. The SMILES string of the molecule is CC(C)(C)OC(=O)CCN(CCNCC(=O)NCCN(Cc1ccccn1)Cc1ccccn1)CCN(CCNCC(=O)OC(C)(C)C)CC(=O)NCCN(Cc1ccccn1)Cc1ccccn1. The fraction of sp³-hybridized carbons (Fsp3) is 0.529. The van der Waals surface area contributed by atoms with Gasteiger partial charge in [-0.25, -0.2) is 0 Å². The Hall–Kier alpha value is -5.76. The third-order valence-electron chi connectivity index (χ3n) is 10.3. The Bertz CT molecular complexity index is 1980. The molecule has 0 saturated heterocycles. The predicted octanol–water partition coefficient (Wildman–Crippen LogP) is 3.06. The van der Waals surface area contributed by atoms with E-state index in [4.69, 9.17) is 9.47 Å². The molecule has 18 heteroatoms. The highest BCUT2D eigenvalue weighted by atomic mass is 16.6. The average Bonchev–Trinajstić information content (AvgIpc) is 3.29. The number of carbonyl (C=O) groups excluding carboxylic acids is 4. The molecule has 0 saturated carbocycles. The van der Waals surface area contributed by atoms with Gasteiger partial charge in [0.15, 0.2) is 0 Å². The maximum Gasteiger partial charge on any atom is 0.320 e. The van der Waals surface area contributed by atoms with Crippen LogP contribution >= 0.6 is 0 Å². The standard InChI is InChI=1S/C51H76N12O6/c1-50(2,3)68-48(66)19-28-60(29-24-52-35-46(64)58-26-31-62(37-42-15-7-11-20-54-42)38-43-16-8-12-21-55-43)33-34-61(30-25-53-36-49(67)69-51(4,5)6)41-47(65)59-27-32-63(39-44-17-9-13-22-56-44)40-45-18-10-14-23-57-45/h7-18,20-23,52-53H,19,24-41H2,1-6H3,(H,58,64)(H,59,65). The minimum absolute atomic E-state index is 0.0372. The minimum atomic E-state index is -0.616. The summed E-state index contributed by atoms with van der Waals surface area (Å²) in [4.78, 5) is 78.4. The predicted molar refractivity (Wildman–Crippen MR) is 266 cm³/mol. The van der Waals surface area contributed by atoms with Crippen molar-refractivity contribution in [2.75, 3.05) is 91.6 Å². The maximum atomic E-state index is 13.6. The van der Waals surface area contributed by atoms with Crippen LogP contribution in [0.3, 0.4) is 0 Å².